The van der Waals surface area contributed by atoms with Crippen LogP contribution < -0.4 is 11.5 Å². The zero-order valence-corrected chi connectivity index (χ0v) is 9.18. The molecular formula is C11H13N3O2. The zero-order valence-electron chi connectivity index (χ0n) is 9.18. The van der Waals surface area contributed by atoms with E-state index in [9.17, 15) is 4.79 Å². The van der Waals surface area contributed by atoms with E-state index in [0.717, 1.165) is 15.8 Å². The Morgan fingerprint density at radius 3 is 2.81 bits per heavy atom. The molecule has 1 aromatic heterocycles. The molecule has 1 unspecified atom stereocenters. The molecule has 0 aliphatic heterocycles. The van der Waals surface area contributed by atoms with Gasteiger partial charge in [-0.05, 0) is 24.6 Å². The molecule has 0 fully saturated rings. The Balaban J connectivity index is 2.48. The molecule has 2 rings (SSSR count). The fraction of sp³-hybridized carbons (Fsp3) is 0.273. The Kier molecular flexibility index (Phi) is 2.62. The summed E-state index contributed by atoms with van der Waals surface area (Å²) >= 11 is 0. The van der Waals surface area contributed by atoms with Crippen molar-refractivity contribution < 1.29 is 4.42 Å². The van der Waals surface area contributed by atoms with Crippen molar-refractivity contribution in [3.63, 3.8) is 0 Å². The van der Waals surface area contributed by atoms with E-state index in [-0.39, 0.29) is 6.04 Å². The number of nitrogens with zero attached hydrogens (tertiary/aromatic N) is 2. The molecule has 0 saturated carbocycles. The predicted molar refractivity (Wildman–Crippen MR) is 59.8 cm³/mol. The van der Waals surface area contributed by atoms with Crippen LogP contribution in [-0.4, -0.2) is 9.78 Å². The van der Waals surface area contributed by atoms with Gasteiger partial charge in [-0.15, -0.1) is 5.10 Å². The SMILES string of the molecule is CC(N)c1cccc(-c2nn(C)c(=O)o2)c1. The third-order valence-electron chi connectivity index (χ3n) is 2.35. The van der Waals surface area contributed by atoms with Crippen LogP contribution in [-0.2, 0) is 7.05 Å². The summed E-state index contributed by atoms with van der Waals surface area (Å²) in [6.07, 6.45) is 0. The number of hydrogen-bond donors (Lipinski definition) is 1. The minimum Gasteiger partial charge on any atom is -0.388 e. The lowest BCUT2D eigenvalue weighted by molar-refractivity contribution is 0.505. The number of aryl methyl sites for hydroxylation is 1. The van der Waals surface area contributed by atoms with Gasteiger partial charge in [-0.25, -0.2) is 4.79 Å². The van der Waals surface area contributed by atoms with Gasteiger partial charge in [-0.1, -0.05) is 12.1 Å². The monoisotopic (exact) mass is 219 g/mol. The third kappa shape index (κ3) is 1.90. The van der Waals surface area contributed by atoms with E-state index < -0.39 is 5.76 Å². The fourth-order valence-electron chi connectivity index (χ4n) is 1.42. The van der Waals surface area contributed by atoms with Gasteiger partial charge < -0.3 is 10.2 Å². The summed E-state index contributed by atoms with van der Waals surface area (Å²) in [6.45, 7) is 1.90. The van der Waals surface area contributed by atoms with Crippen LogP contribution in [0.4, 0.5) is 0 Å². The first-order valence-electron chi connectivity index (χ1n) is 4.98. The first kappa shape index (κ1) is 10.6. The van der Waals surface area contributed by atoms with Gasteiger partial charge in [0.25, 0.3) is 0 Å². The van der Waals surface area contributed by atoms with Crippen molar-refractivity contribution in [2.24, 2.45) is 12.8 Å². The van der Waals surface area contributed by atoms with Gasteiger partial charge in [0.1, 0.15) is 0 Å². The van der Waals surface area contributed by atoms with Crippen molar-refractivity contribution in [3.8, 4) is 11.5 Å². The van der Waals surface area contributed by atoms with Crippen molar-refractivity contribution >= 4 is 0 Å². The van der Waals surface area contributed by atoms with Gasteiger partial charge in [0.2, 0.25) is 5.89 Å². The van der Waals surface area contributed by atoms with E-state index in [1.807, 2.05) is 31.2 Å². The third-order valence-corrected chi connectivity index (χ3v) is 2.35. The van der Waals surface area contributed by atoms with Gasteiger partial charge >= 0.3 is 5.76 Å². The van der Waals surface area contributed by atoms with Crippen molar-refractivity contribution in [2.75, 3.05) is 0 Å². The van der Waals surface area contributed by atoms with E-state index in [1.54, 1.807) is 7.05 Å². The molecule has 1 heterocycles. The summed E-state index contributed by atoms with van der Waals surface area (Å²) in [4.78, 5) is 11.1. The number of benzene rings is 1. The molecule has 0 aliphatic rings. The molecular weight excluding hydrogens is 206 g/mol. The average Bonchev–Trinajstić information content (AvgIpc) is 2.59. The molecule has 1 atom stereocenters. The second kappa shape index (κ2) is 3.94. The number of nitrogens with two attached hydrogens (primary N) is 1. The molecule has 0 spiro atoms. The molecule has 5 heteroatoms. The molecule has 5 nitrogen and oxygen atoms in total. The van der Waals surface area contributed by atoms with E-state index in [0.29, 0.717) is 5.89 Å². The van der Waals surface area contributed by atoms with Crippen molar-refractivity contribution in [3.05, 3.63) is 40.4 Å². The highest BCUT2D eigenvalue weighted by molar-refractivity contribution is 5.53. The smallest absolute Gasteiger partial charge is 0.388 e. The second-order valence-electron chi connectivity index (χ2n) is 3.71. The van der Waals surface area contributed by atoms with Gasteiger partial charge in [0.05, 0.1) is 0 Å². The van der Waals surface area contributed by atoms with Crippen LogP contribution in [0.25, 0.3) is 11.5 Å². The Labute approximate surface area is 92.5 Å². The highest BCUT2D eigenvalue weighted by atomic mass is 16.4. The van der Waals surface area contributed by atoms with Gasteiger partial charge in [-0.2, -0.15) is 4.68 Å². The summed E-state index contributed by atoms with van der Waals surface area (Å²) in [5, 5.41) is 3.98. The summed E-state index contributed by atoms with van der Waals surface area (Å²) in [6, 6.07) is 7.43. The van der Waals surface area contributed by atoms with Crippen LogP contribution in [0.2, 0.25) is 0 Å². The zero-order chi connectivity index (χ0) is 11.7. The van der Waals surface area contributed by atoms with Crippen molar-refractivity contribution in [2.45, 2.75) is 13.0 Å². The Morgan fingerprint density at radius 1 is 1.50 bits per heavy atom. The lowest BCUT2D eigenvalue weighted by atomic mass is 10.1. The minimum absolute atomic E-state index is 0.0598. The van der Waals surface area contributed by atoms with Crippen LogP contribution in [0, 0.1) is 0 Å². The van der Waals surface area contributed by atoms with Gasteiger partial charge in [-0.3, -0.25) is 0 Å². The summed E-state index contributed by atoms with van der Waals surface area (Å²) < 4.78 is 6.15. The lowest BCUT2D eigenvalue weighted by Crippen LogP contribution is -2.09. The molecule has 2 N–H and O–H groups in total. The van der Waals surface area contributed by atoms with Gasteiger partial charge in [0.15, 0.2) is 0 Å². The number of aromatic nitrogens is 2. The molecule has 84 valence electrons. The maximum atomic E-state index is 11.1. The molecule has 0 bridgehead atoms. The highest BCUT2D eigenvalue weighted by Gasteiger charge is 2.09. The maximum Gasteiger partial charge on any atom is 0.437 e. The largest absolute Gasteiger partial charge is 0.437 e. The van der Waals surface area contributed by atoms with E-state index in [4.69, 9.17) is 10.2 Å². The Morgan fingerprint density at radius 2 is 2.25 bits per heavy atom. The highest BCUT2D eigenvalue weighted by Crippen LogP contribution is 2.19. The summed E-state index contributed by atoms with van der Waals surface area (Å²) in [7, 11) is 1.55. The predicted octanol–water partition coefficient (Wildman–Crippen LogP) is 1.06. The Bertz CT molecular complexity index is 554. The maximum absolute atomic E-state index is 11.1. The molecule has 2 aromatic rings. The van der Waals surface area contributed by atoms with Crippen LogP contribution in [0.3, 0.4) is 0 Å². The molecule has 0 radical (unpaired) electrons. The fourth-order valence-corrected chi connectivity index (χ4v) is 1.42. The van der Waals surface area contributed by atoms with Crippen molar-refractivity contribution in [1.29, 1.82) is 0 Å². The minimum atomic E-state index is -0.471. The van der Waals surface area contributed by atoms with Crippen LogP contribution in [0.5, 0.6) is 0 Å². The first-order valence-corrected chi connectivity index (χ1v) is 4.98. The van der Waals surface area contributed by atoms with E-state index >= 15 is 0 Å². The van der Waals surface area contributed by atoms with Crippen molar-refractivity contribution in [1.82, 2.24) is 9.78 Å². The normalized spacial score (nSPS) is 12.7. The topological polar surface area (TPSA) is 74.0 Å². The summed E-state index contributed by atoms with van der Waals surface area (Å²) in [5.41, 5.74) is 7.51. The molecule has 0 amide bonds. The van der Waals surface area contributed by atoms with Crippen LogP contribution in [0.1, 0.15) is 18.5 Å². The number of hydrogen-bond acceptors (Lipinski definition) is 4. The standard InChI is InChI=1S/C11H13N3O2/c1-7(12)8-4-3-5-9(6-8)10-13-14(2)11(15)16-10/h3-7H,12H2,1-2H3. The summed E-state index contributed by atoms with van der Waals surface area (Å²) in [5.74, 6) is -0.156. The van der Waals surface area contributed by atoms with Crippen LogP contribution in [0.15, 0.2) is 33.5 Å². The lowest BCUT2D eigenvalue weighted by Gasteiger charge is -2.05. The average molecular weight is 219 g/mol. The van der Waals surface area contributed by atoms with Gasteiger partial charge in [0, 0.05) is 18.7 Å². The second-order valence-corrected chi connectivity index (χ2v) is 3.71. The Hall–Kier alpha value is -1.88. The quantitative estimate of drug-likeness (QED) is 0.819. The molecule has 0 saturated heterocycles. The molecule has 1 aromatic carbocycles. The van der Waals surface area contributed by atoms with E-state index in [1.165, 1.54) is 0 Å². The van der Waals surface area contributed by atoms with Crippen LogP contribution >= 0.6 is 0 Å². The molecule has 16 heavy (non-hydrogen) atoms. The van der Waals surface area contributed by atoms with E-state index in [2.05, 4.69) is 5.10 Å². The first-order chi connectivity index (χ1) is 7.58. The number of rotatable bonds is 2. The molecule has 0 aliphatic carbocycles.